The Bertz CT molecular complexity index is 763. The number of rotatable bonds is 7. The van der Waals surface area contributed by atoms with E-state index in [1.165, 1.54) is 0 Å². The topological polar surface area (TPSA) is 55.8 Å². The number of ether oxygens (including phenoxy) is 2. The molecule has 2 aromatic rings. The van der Waals surface area contributed by atoms with E-state index in [9.17, 15) is 9.90 Å². The van der Waals surface area contributed by atoms with Gasteiger partial charge in [0.05, 0.1) is 18.3 Å². The Morgan fingerprint density at radius 3 is 1.75 bits per heavy atom. The number of carbonyl (C=O) groups excluding carboxylic acids is 1. The molecule has 32 heavy (non-hydrogen) atoms. The van der Waals surface area contributed by atoms with Crippen LogP contribution >= 0.6 is 0 Å². The molecule has 2 aromatic carbocycles. The van der Waals surface area contributed by atoms with Crippen molar-refractivity contribution in [1.29, 1.82) is 0 Å². The van der Waals surface area contributed by atoms with Crippen molar-refractivity contribution in [3.8, 4) is 11.5 Å². The van der Waals surface area contributed by atoms with Crippen LogP contribution in [-0.2, 0) is 0 Å². The summed E-state index contributed by atoms with van der Waals surface area (Å²) < 4.78 is 11.2. The number of aliphatic hydroxyl groups is 1. The molecular weight excluding hydrogens is 527 g/mol. The van der Waals surface area contributed by atoms with Gasteiger partial charge in [0.1, 0.15) is 17.8 Å². The minimum absolute atomic E-state index is 0. The van der Waals surface area contributed by atoms with Crippen molar-refractivity contribution in [2.75, 3.05) is 0 Å². The molecular formula is C26H39IMgO4. The van der Waals surface area contributed by atoms with Crippen molar-refractivity contribution < 1.29 is 43.4 Å². The van der Waals surface area contributed by atoms with Gasteiger partial charge >= 0.3 is 23.1 Å². The van der Waals surface area contributed by atoms with Crippen LogP contribution in [0.3, 0.4) is 0 Å². The number of aldehydes is 1. The summed E-state index contributed by atoms with van der Waals surface area (Å²) >= 11 is 0. The number of benzene rings is 2. The van der Waals surface area contributed by atoms with Crippen LogP contribution in [-0.4, -0.2) is 46.7 Å². The first-order valence-corrected chi connectivity index (χ1v) is 10.6. The summed E-state index contributed by atoms with van der Waals surface area (Å²) in [4.78, 5) is 10.5. The maximum Gasteiger partial charge on any atom is 2.00 e. The normalized spacial score (nSPS) is 10.4. The average Bonchev–Trinajstić information content (AvgIpc) is 2.72. The molecule has 0 amide bonds. The fourth-order valence-electron chi connectivity index (χ4n) is 2.51. The van der Waals surface area contributed by atoms with Gasteiger partial charge < -0.3 is 45.5 Å². The monoisotopic (exact) mass is 566 g/mol. The molecule has 0 saturated carbocycles. The Morgan fingerprint density at radius 1 is 0.906 bits per heavy atom. The first-order valence-electron chi connectivity index (χ1n) is 10.6. The van der Waals surface area contributed by atoms with Crippen LogP contribution < -0.4 is 33.5 Å². The summed E-state index contributed by atoms with van der Waals surface area (Å²) in [5.74, 6) is 1.66. The third-order valence-electron chi connectivity index (χ3n) is 4.06. The number of hydrogen-bond donors (Lipinski definition) is 1. The summed E-state index contributed by atoms with van der Waals surface area (Å²) in [5.41, 5.74) is 3.75. The molecule has 1 atom stereocenters. The first kappa shape index (κ1) is 35.7. The second kappa shape index (κ2) is 19.6. The molecule has 0 heterocycles. The van der Waals surface area contributed by atoms with E-state index in [1.807, 2.05) is 72.7 Å². The number of aliphatic hydroxyl groups excluding tert-OH is 1. The predicted molar refractivity (Wildman–Crippen MR) is 131 cm³/mol. The summed E-state index contributed by atoms with van der Waals surface area (Å²) in [7, 11) is 0. The van der Waals surface area contributed by atoms with E-state index >= 15 is 0 Å². The van der Waals surface area contributed by atoms with E-state index in [4.69, 9.17) is 9.47 Å². The third kappa shape index (κ3) is 13.7. The molecule has 4 nitrogen and oxygen atoms in total. The van der Waals surface area contributed by atoms with Crippen molar-refractivity contribution in [3.05, 3.63) is 65.6 Å². The Labute approximate surface area is 228 Å². The summed E-state index contributed by atoms with van der Waals surface area (Å²) in [6.07, 6.45) is 1.47. The maximum atomic E-state index is 10.5. The molecule has 0 radical (unpaired) electrons. The molecule has 0 fully saturated rings. The molecule has 2 rings (SSSR count). The van der Waals surface area contributed by atoms with Crippen LogP contribution in [0.1, 0.15) is 81.1 Å². The molecule has 1 unspecified atom stereocenters. The number of aryl methyl sites for hydroxylation is 2. The predicted octanol–water partition coefficient (Wildman–Crippen LogP) is 3.28. The van der Waals surface area contributed by atoms with Gasteiger partial charge in [-0.25, -0.2) is 0 Å². The smallest absolute Gasteiger partial charge is 1.00 e. The molecule has 0 aliphatic heterocycles. The minimum atomic E-state index is -0.389. The molecule has 0 aliphatic carbocycles. The molecule has 6 heteroatoms. The van der Waals surface area contributed by atoms with E-state index in [-0.39, 0.29) is 65.3 Å². The summed E-state index contributed by atoms with van der Waals surface area (Å²) in [6, 6.07) is 11.3. The number of halogens is 1. The quantitative estimate of drug-likeness (QED) is 0.242. The van der Waals surface area contributed by atoms with Crippen LogP contribution in [0.2, 0.25) is 0 Å². The first-order chi connectivity index (χ1) is 14.2. The van der Waals surface area contributed by atoms with E-state index in [1.54, 1.807) is 19.1 Å². The zero-order valence-corrected chi connectivity index (χ0v) is 24.5. The van der Waals surface area contributed by atoms with Crippen molar-refractivity contribution in [2.24, 2.45) is 0 Å². The SMILES string of the molecule is CCC(O)c1ccc(C)c(OC(C)C)c1.Cc1ccc(C=O)cc1OC(C)C.[CH2-]C.[I-].[Mg+2]. The van der Waals surface area contributed by atoms with E-state index in [0.717, 1.165) is 40.9 Å². The second-order valence-corrected chi connectivity index (χ2v) is 7.42. The molecule has 176 valence electrons. The van der Waals surface area contributed by atoms with Crippen LogP contribution in [0, 0.1) is 20.8 Å². The van der Waals surface area contributed by atoms with Gasteiger partial charge in [-0.2, -0.15) is 6.92 Å². The number of hydrogen-bond acceptors (Lipinski definition) is 4. The Morgan fingerprint density at radius 2 is 1.34 bits per heavy atom. The van der Waals surface area contributed by atoms with Crippen LogP contribution in [0.15, 0.2) is 36.4 Å². The molecule has 0 spiro atoms. The number of carbonyl (C=O) groups is 1. The van der Waals surface area contributed by atoms with Gasteiger partial charge in [0, 0.05) is 5.56 Å². The molecule has 0 aromatic heterocycles. The van der Waals surface area contributed by atoms with E-state index in [2.05, 4.69) is 6.92 Å². The fourth-order valence-corrected chi connectivity index (χ4v) is 2.51. The van der Waals surface area contributed by atoms with Crippen molar-refractivity contribution in [2.45, 2.75) is 80.1 Å². The minimum Gasteiger partial charge on any atom is -1.00 e. The zero-order valence-electron chi connectivity index (χ0n) is 20.9. The second-order valence-electron chi connectivity index (χ2n) is 7.42. The average molecular weight is 567 g/mol. The summed E-state index contributed by atoms with van der Waals surface area (Å²) in [6.45, 7) is 18.9. The van der Waals surface area contributed by atoms with Crippen LogP contribution in [0.25, 0.3) is 0 Å². The summed E-state index contributed by atoms with van der Waals surface area (Å²) in [5, 5.41) is 9.72. The van der Waals surface area contributed by atoms with Crippen molar-refractivity contribution >= 4 is 29.3 Å². The Balaban J connectivity index is -0.000000464. The molecule has 0 saturated heterocycles. The van der Waals surface area contributed by atoms with Crippen LogP contribution in [0.5, 0.6) is 11.5 Å². The largest absolute Gasteiger partial charge is 2.00 e. The fraction of sp³-hybridized carbons (Fsp3) is 0.462. The van der Waals surface area contributed by atoms with Gasteiger partial charge in [-0.15, -0.1) is 0 Å². The van der Waals surface area contributed by atoms with Gasteiger partial charge in [-0.3, -0.25) is 4.79 Å². The molecule has 0 aliphatic rings. The van der Waals surface area contributed by atoms with Gasteiger partial charge in [-0.1, -0.05) is 31.2 Å². The Kier molecular flexibility index (Phi) is 21.9. The van der Waals surface area contributed by atoms with E-state index < -0.39 is 0 Å². The van der Waals surface area contributed by atoms with Crippen molar-refractivity contribution in [1.82, 2.24) is 0 Å². The van der Waals surface area contributed by atoms with Gasteiger partial charge in [0.2, 0.25) is 0 Å². The maximum absolute atomic E-state index is 10.5. The zero-order chi connectivity index (χ0) is 23.3. The molecule has 1 N–H and O–H groups in total. The van der Waals surface area contributed by atoms with Gasteiger partial charge in [-0.05, 0) is 76.8 Å². The third-order valence-corrected chi connectivity index (χ3v) is 4.06. The van der Waals surface area contributed by atoms with Crippen molar-refractivity contribution in [3.63, 3.8) is 0 Å². The van der Waals surface area contributed by atoms with Gasteiger partial charge in [0.15, 0.2) is 0 Å². The van der Waals surface area contributed by atoms with Crippen LogP contribution in [0.4, 0.5) is 0 Å². The Hall–Kier alpha value is -0.834. The van der Waals surface area contributed by atoms with Gasteiger partial charge in [0.25, 0.3) is 0 Å². The molecule has 0 bridgehead atoms. The van der Waals surface area contributed by atoms with E-state index in [0.29, 0.717) is 5.56 Å². The standard InChI is InChI=1S/C13H20O2.C11H14O2.C2H5.HI.Mg/c1-5-12(14)11-7-6-10(4)13(8-11)15-9(2)3;1-8(2)13-11-6-10(7-12)5-4-9(11)3;1-2;;/h6-9,12,14H,5H2,1-4H3;4-8H,1-3H3;1H2,2H3;1H;/q;;-1;;+2/p-1.